The molecule has 0 saturated heterocycles. The molecule has 1 unspecified atom stereocenters. The first-order valence-electron chi connectivity index (χ1n) is 6.44. The van der Waals surface area contributed by atoms with Crippen molar-refractivity contribution in [1.82, 2.24) is 0 Å². The Labute approximate surface area is 96.1 Å². The van der Waals surface area contributed by atoms with E-state index in [4.69, 9.17) is 5.73 Å². The van der Waals surface area contributed by atoms with Gasteiger partial charge in [0.2, 0.25) is 0 Å². The van der Waals surface area contributed by atoms with Crippen molar-refractivity contribution in [3.63, 3.8) is 0 Å². The predicted molar refractivity (Wildman–Crippen MR) is 61.5 cm³/mol. The maximum absolute atomic E-state index is 14.0. The third-order valence-electron chi connectivity index (χ3n) is 3.92. The number of nitrogens with two attached hydrogens (primary N) is 1. The Hall–Kier alpha value is -0.440. The minimum absolute atomic E-state index is 0.0387. The van der Waals surface area contributed by atoms with E-state index in [0.29, 0.717) is 18.4 Å². The van der Waals surface area contributed by atoms with E-state index in [1.165, 1.54) is 0 Å². The summed E-state index contributed by atoms with van der Waals surface area (Å²) in [6.45, 7) is 0. The van der Waals surface area contributed by atoms with Crippen molar-refractivity contribution >= 4 is 0 Å². The Bertz CT molecular complexity index is 284. The second-order valence-electron chi connectivity index (χ2n) is 5.18. The first kappa shape index (κ1) is 12.0. The lowest BCUT2D eigenvalue weighted by Gasteiger charge is -2.27. The fourth-order valence-electron chi connectivity index (χ4n) is 2.88. The van der Waals surface area contributed by atoms with Crippen LogP contribution in [0.3, 0.4) is 0 Å². The molecule has 0 bridgehead atoms. The summed E-state index contributed by atoms with van der Waals surface area (Å²) in [7, 11) is 0. The quantitative estimate of drug-likeness (QED) is 0.628. The molecule has 0 aromatic heterocycles. The average Bonchev–Trinajstić information content (AvgIpc) is 2.47. The maximum atomic E-state index is 14.0. The summed E-state index contributed by atoms with van der Waals surface area (Å²) < 4.78 is 28.0. The number of rotatable bonds is 0. The van der Waals surface area contributed by atoms with E-state index in [2.05, 4.69) is 0 Å². The van der Waals surface area contributed by atoms with Gasteiger partial charge in [-0.25, -0.2) is 8.78 Å². The normalized spacial score (nSPS) is 31.3. The molecular weight excluding hydrogens is 208 g/mol. The summed E-state index contributed by atoms with van der Waals surface area (Å²) in [4.78, 5) is 0. The molecule has 0 spiro atoms. The molecule has 2 aliphatic rings. The number of alkyl halides is 2. The van der Waals surface area contributed by atoms with Gasteiger partial charge >= 0.3 is 0 Å². The van der Waals surface area contributed by atoms with Crippen LogP contribution in [0.4, 0.5) is 8.78 Å². The lowest BCUT2D eigenvalue weighted by molar-refractivity contribution is 0.0214. The maximum Gasteiger partial charge on any atom is 0.269 e. The van der Waals surface area contributed by atoms with E-state index in [0.717, 1.165) is 44.1 Å². The van der Waals surface area contributed by atoms with Crippen LogP contribution in [0.5, 0.6) is 0 Å². The highest BCUT2D eigenvalue weighted by Crippen LogP contribution is 2.41. The molecule has 2 rings (SSSR count). The molecule has 16 heavy (non-hydrogen) atoms. The Morgan fingerprint density at radius 1 is 1.00 bits per heavy atom. The second-order valence-corrected chi connectivity index (χ2v) is 5.18. The average molecular weight is 229 g/mol. The molecule has 3 heteroatoms. The number of allylic oxidation sites excluding steroid dienone is 2. The SMILES string of the molecule is NC1CCC2=C(CCCCC2)C(F)(F)CC1. The molecular formula is C13H21F2N. The number of hydrogen-bond donors (Lipinski definition) is 1. The Kier molecular flexibility index (Phi) is 3.63. The highest BCUT2D eigenvalue weighted by Gasteiger charge is 2.37. The molecule has 0 radical (unpaired) electrons. The zero-order valence-corrected chi connectivity index (χ0v) is 9.77. The van der Waals surface area contributed by atoms with Crippen molar-refractivity contribution < 1.29 is 8.78 Å². The molecule has 0 aliphatic heterocycles. The van der Waals surface area contributed by atoms with Crippen LogP contribution in [0.2, 0.25) is 0 Å². The number of halogens is 2. The predicted octanol–water partition coefficient (Wildman–Crippen LogP) is 3.78. The lowest BCUT2D eigenvalue weighted by Crippen LogP contribution is -2.29. The fraction of sp³-hybridized carbons (Fsp3) is 0.846. The largest absolute Gasteiger partial charge is 0.328 e. The van der Waals surface area contributed by atoms with Crippen LogP contribution in [0.25, 0.3) is 0 Å². The summed E-state index contributed by atoms with van der Waals surface area (Å²) >= 11 is 0. The van der Waals surface area contributed by atoms with Gasteiger partial charge in [0.1, 0.15) is 0 Å². The monoisotopic (exact) mass is 229 g/mol. The smallest absolute Gasteiger partial charge is 0.269 e. The zero-order valence-electron chi connectivity index (χ0n) is 9.77. The van der Waals surface area contributed by atoms with Crippen molar-refractivity contribution in [2.24, 2.45) is 5.73 Å². The minimum Gasteiger partial charge on any atom is -0.328 e. The van der Waals surface area contributed by atoms with Crippen LogP contribution in [0.15, 0.2) is 11.1 Å². The van der Waals surface area contributed by atoms with Crippen molar-refractivity contribution in [2.75, 3.05) is 0 Å². The molecule has 0 fully saturated rings. The zero-order chi connectivity index (χ0) is 11.6. The van der Waals surface area contributed by atoms with E-state index in [-0.39, 0.29) is 12.5 Å². The van der Waals surface area contributed by atoms with Crippen LogP contribution in [0.1, 0.15) is 57.8 Å². The summed E-state index contributed by atoms with van der Waals surface area (Å²) in [6.07, 6.45) is 6.67. The highest BCUT2D eigenvalue weighted by molar-refractivity contribution is 5.24. The summed E-state index contributed by atoms with van der Waals surface area (Å²) in [5.41, 5.74) is 7.33. The second kappa shape index (κ2) is 4.82. The van der Waals surface area contributed by atoms with E-state index < -0.39 is 5.92 Å². The van der Waals surface area contributed by atoms with Gasteiger partial charge in [-0.15, -0.1) is 0 Å². The molecule has 0 aromatic carbocycles. The van der Waals surface area contributed by atoms with Gasteiger partial charge in [-0.1, -0.05) is 12.0 Å². The third kappa shape index (κ3) is 2.62. The first-order valence-corrected chi connectivity index (χ1v) is 6.44. The standard InChI is InChI=1S/C13H21F2N/c14-13(15)9-8-11(16)7-6-10-4-2-1-3-5-12(10)13/h11H,1-9,16H2. The van der Waals surface area contributed by atoms with Gasteiger partial charge in [0.05, 0.1) is 0 Å². The molecule has 0 heterocycles. The molecule has 0 amide bonds. The van der Waals surface area contributed by atoms with Crippen molar-refractivity contribution in [1.29, 1.82) is 0 Å². The van der Waals surface area contributed by atoms with E-state index in [9.17, 15) is 8.78 Å². The van der Waals surface area contributed by atoms with Gasteiger partial charge in [-0.05, 0) is 50.5 Å². The van der Waals surface area contributed by atoms with Crippen LogP contribution in [-0.2, 0) is 0 Å². The van der Waals surface area contributed by atoms with Gasteiger partial charge < -0.3 is 5.73 Å². The van der Waals surface area contributed by atoms with Gasteiger partial charge in [0.15, 0.2) is 0 Å². The topological polar surface area (TPSA) is 26.0 Å². The van der Waals surface area contributed by atoms with Gasteiger partial charge in [0.25, 0.3) is 5.92 Å². The number of hydrogen-bond acceptors (Lipinski definition) is 1. The summed E-state index contributed by atoms with van der Waals surface area (Å²) in [6, 6.07) is -0.0387. The summed E-state index contributed by atoms with van der Waals surface area (Å²) in [5.74, 6) is -2.59. The molecule has 0 saturated carbocycles. The molecule has 2 aliphatic carbocycles. The minimum atomic E-state index is -2.59. The van der Waals surface area contributed by atoms with Crippen LogP contribution in [0, 0.1) is 0 Å². The van der Waals surface area contributed by atoms with Crippen LogP contribution in [-0.4, -0.2) is 12.0 Å². The van der Waals surface area contributed by atoms with Gasteiger partial charge in [0, 0.05) is 12.5 Å². The van der Waals surface area contributed by atoms with E-state index >= 15 is 0 Å². The summed E-state index contributed by atoms with van der Waals surface area (Å²) in [5, 5.41) is 0. The molecule has 1 atom stereocenters. The van der Waals surface area contributed by atoms with Gasteiger partial charge in [-0.2, -0.15) is 0 Å². The Morgan fingerprint density at radius 3 is 2.56 bits per heavy atom. The fourth-order valence-corrected chi connectivity index (χ4v) is 2.88. The van der Waals surface area contributed by atoms with Crippen LogP contribution >= 0.6 is 0 Å². The van der Waals surface area contributed by atoms with Gasteiger partial charge in [-0.3, -0.25) is 0 Å². The van der Waals surface area contributed by atoms with Crippen LogP contribution < -0.4 is 5.73 Å². The van der Waals surface area contributed by atoms with Crippen molar-refractivity contribution in [3.8, 4) is 0 Å². The van der Waals surface area contributed by atoms with Crippen molar-refractivity contribution in [2.45, 2.75) is 69.8 Å². The van der Waals surface area contributed by atoms with E-state index in [1.807, 2.05) is 0 Å². The Balaban J connectivity index is 2.26. The first-order chi connectivity index (χ1) is 7.59. The lowest BCUT2D eigenvalue weighted by atomic mass is 9.86. The highest BCUT2D eigenvalue weighted by atomic mass is 19.3. The Morgan fingerprint density at radius 2 is 1.75 bits per heavy atom. The third-order valence-corrected chi connectivity index (χ3v) is 3.92. The molecule has 1 nitrogen and oxygen atoms in total. The van der Waals surface area contributed by atoms with Crippen molar-refractivity contribution in [3.05, 3.63) is 11.1 Å². The molecule has 0 aromatic rings. The molecule has 2 N–H and O–H groups in total. The van der Waals surface area contributed by atoms with E-state index in [1.54, 1.807) is 0 Å². The molecule has 92 valence electrons.